The van der Waals surface area contributed by atoms with Gasteiger partial charge in [0.15, 0.2) is 28.0 Å². The van der Waals surface area contributed by atoms with E-state index in [4.69, 9.17) is 12.2 Å². The summed E-state index contributed by atoms with van der Waals surface area (Å²) in [7, 11) is 0. The lowest BCUT2D eigenvalue weighted by Gasteiger charge is -2.09. The van der Waals surface area contributed by atoms with Gasteiger partial charge in [-0.1, -0.05) is 12.1 Å². The standard InChI is InChI=1S/C14H8F4N2S/c1-6-3-2-4-9-12(6)19-14(21)20(9)13-10(17)7(15)5-8(16)11(13)18/h2-5H,1H3,(H,19,21). The van der Waals surface area contributed by atoms with Crippen LogP contribution in [0, 0.1) is 35.0 Å². The molecule has 1 heterocycles. The summed E-state index contributed by atoms with van der Waals surface area (Å²) in [5.74, 6) is -5.94. The number of fused-ring (bicyclic) bond motifs is 1. The van der Waals surface area contributed by atoms with Crippen LogP contribution in [0.3, 0.4) is 0 Å². The summed E-state index contributed by atoms with van der Waals surface area (Å²) in [5.41, 5.74) is 0.804. The molecule has 0 saturated carbocycles. The maximum absolute atomic E-state index is 14.0. The molecule has 0 amide bonds. The first-order valence-electron chi connectivity index (χ1n) is 5.95. The first kappa shape index (κ1) is 13.8. The highest BCUT2D eigenvalue weighted by atomic mass is 32.1. The Morgan fingerprint density at radius 3 is 2.29 bits per heavy atom. The van der Waals surface area contributed by atoms with E-state index in [1.165, 1.54) is 0 Å². The highest BCUT2D eigenvalue weighted by Crippen LogP contribution is 2.28. The summed E-state index contributed by atoms with van der Waals surface area (Å²) in [6.45, 7) is 1.77. The number of benzene rings is 2. The average Bonchev–Trinajstić information content (AvgIpc) is 2.76. The van der Waals surface area contributed by atoms with Gasteiger partial charge in [-0.05, 0) is 30.8 Å². The quantitative estimate of drug-likeness (QED) is 0.397. The van der Waals surface area contributed by atoms with Crippen molar-refractivity contribution in [3.8, 4) is 5.69 Å². The fraction of sp³-hybridized carbons (Fsp3) is 0.0714. The maximum atomic E-state index is 14.0. The van der Waals surface area contributed by atoms with Gasteiger partial charge in [-0.3, -0.25) is 4.57 Å². The van der Waals surface area contributed by atoms with Gasteiger partial charge in [0.2, 0.25) is 0 Å². The van der Waals surface area contributed by atoms with Gasteiger partial charge in [-0.25, -0.2) is 17.6 Å². The molecule has 3 rings (SSSR count). The van der Waals surface area contributed by atoms with E-state index >= 15 is 0 Å². The van der Waals surface area contributed by atoms with E-state index in [1.807, 2.05) is 0 Å². The van der Waals surface area contributed by atoms with E-state index in [0.29, 0.717) is 11.0 Å². The van der Waals surface area contributed by atoms with E-state index in [9.17, 15) is 17.6 Å². The Labute approximate surface area is 121 Å². The number of nitrogens with one attached hydrogen (secondary N) is 1. The molecule has 7 heteroatoms. The molecule has 2 aromatic carbocycles. The summed E-state index contributed by atoms with van der Waals surface area (Å²) in [4.78, 5) is 2.79. The highest BCUT2D eigenvalue weighted by molar-refractivity contribution is 7.71. The van der Waals surface area contributed by atoms with E-state index in [2.05, 4.69) is 4.98 Å². The summed E-state index contributed by atoms with van der Waals surface area (Å²) in [6.07, 6.45) is 0. The number of para-hydroxylation sites is 1. The zero-order valence-electron chi connectivity index (χ0n) is 10.7. The molecule has 0 atom stereocenters. The number of hydrogen-bond acceptors (Lipinski definition) is 1. The van der Waals surface area contributed by atoms with Gasteiger partial charge >= 0.3 is 0 Å². The predicted octanol–water partition coefficient (Wildman–Crippen LogP) is 4.55. The van der Waals surface area contributed by atoms with E-state index in [0.717, 1.165) is 10.1 Å². The van der Waals surface area contributed by atoms with Crippen LogP contribution in [0.15, 0.2) is 24.3 Å². The van der Waals surface area contributed by atoms with Crippen LogP contribution < -0.4 is 0 Å². The van der Waals surface area contributed by atoms with Crippen molar-refractivity contribution in [3.05, 3.63) is 57.9 Å². The van der Waals surface area contributed by atoms with Crippen LogP contribution in [0.4, 0.5) is 17.6 Å². The second-order valence-corrected chi connectivity index (χ2v) is 4.94. The number of aromatic amines is 1. The fourth-order valence-electron chi connectivity index (χ4n) is 2.25. The molecule has 3 aromatic rings. The minimum Gasteiger partial charge on any atom is -0.330 e. The molecule has 0 aliphatic carbocycles. The number of rotatable bonds is 1. The average molecular weight is 312 g/mol. The number of nitrogens with zero attached hydrogens (tertiary/aromatic N) is 1. The summed E-state index contributed by atoms with van der Waals surface area (Å²) in [6, 6.07) is 5.15. The molecule has 0 bridgehead atoms. The van der Waals surface area contributed by atoms with Gasteiger partial charge in [-0.2, -0.15) is 0 Å². The first-order chi connectivity index (χ1) is 9.91. The Morgan fingerprint density at radius 2 is 1.67 bits per heavy atom. The van der Waals surface area contributed by atoms with Crippen molar-refractivity contribution in [2.75, 3.05) is 0 Å². The second kappa shape index (κ2) is 4.70. The van der Waals surface area contributed by atoms with Crippen LogP contribution in [-0.4, -0.2) is 9.55 Å². The minimum absolute atomic E-state index is 0.0536. The highest BCUT2D eigenvalue weighted by Gasteiger charge is 2.23. The van der Waals surface area contributed by atoms with Gasteiger partial charge in [0.05, 0.1) is 11.0 Å². The molecule has 21 heavy (non-hydrogen) atoms. The molecule has 0 fully saturated rings. The van der Waals surface area contributed by atoms with E-state index < -0.39 is 29.0 Å². The SMILES string of the molecule is Cc1cccc2c1[nH]c(=S)n2-c1c(F)c(F)cc(F)c1F. The number of halogens is 4. The van der Waals surface area contributed by atoms with Crippen molar-refractivity contribution < 1.29 is 17.6 Å². The number of imidazole rings is 1. The molecule has 0 unspecified atom stereocenters. The van der Waals surface area contributed by atoms with Crippen molar-refractivity contribution in [2.24, 2.45) is 0 Å². The Balaban J connectivity index is 2.50. The Bertz CT molecular complexity index is 901. The molecule has 2 nitrogen and oxygen atoms in total. The first-order valence-corrected chi connectivity index (χ1v) is 6.36. The van der Waals surface area contributed by atoms with Crippen molar-refractivity contribution in [1.29, 1.82) is 0 Å². The zero-order chi connectivity index (χ0) is 15.3. The molecule has 0 aliphatic heterocycles. The molecular formula is C14H8F4N2S. The lowest BCUT2D eigenvalue weighted by atomic mass is 10.2. The molecule has 108 valence electrons. The molecule has 1 aromatic heterocycles. The van der Waals surface area contributed by atoms with Crippen molar-refractivity contribution in [1.82, 2.24) is 9.55 Å². The molecule has 0 saturated heterocycles. The Hall–Kier alpha value is -2.15. The second-order valence-electron chi connectivity index (χ2n) is 4.55. The third kappa shape index (κ3) is 1.96. The van der Waals surface area contributed by atoms with E-state index in [1.54, 1.807) is 25.1 Å². The number of H-pyrrole nitrogens is 1. The fourth-order valence-corrected chi connectivity index (χ4v) is 2.54. The number of hydrogen-bond donors (Lipinski definition) is 1. The molecular weight excluding hydrogens is 304 g/mol. The monoisotopic (exact) mass is 312 g/mol. The summed E-state index contributed by atoms with van der Waals surface area (Å²) >= 11 is 5.03. The Kier molecular flexibility index (Phi) is 3.09. The third-order valence-electron chi connectivity index (χ3n) is 3.24. The van der Waals surface area contributed by atoms with Crippen LogP contribution in [0.1, 0.15) is 5.56 Å². The third-order valence-corrected chi connectivity index (χ3v) is 3.52. The smallest absolute Gasteiger partial charge is 0.186 e. The van der Waals surface area contributed by atoms with Crippen molar-refractivity contribution in [3.63, 3.8) is 0 Å². The van der Waals surface area contributed by atoms with Crippen molar-refractivity contribution >= 4 is 23.3 Å². The summed E-state index contributed by atoms with van der Waals surface area (Å²) < 4.78 is 55.6. The Morgan fingerprint density at radius 1 is 1.05 bits per heavy atom. The molecule has 0 aliphatic rings. The van der Waals surface area contributed by atoms with Gasteiger partial charge in [-0.15, -0.1) is 0 Å². The number of aromatic nitrogens is 2. The topological polar surface area (TPSA) is 20.7 Å². The predicted molar refractivity (Wildman–Crippen MR) is 73.0 cm³/mol. The maximum Gasteiger partial charge on any atom is 0.186 e. The van der Waals surface area contributed by atoms with Crippen LogP contribution in [0.5, 0.6) is 0 Å². The van der Waals surface area contributed by atoms with Crippen molar-refractivity contribution in [2.45, 2.75) is 6.92 Å². The van der Waals surface area contributed by atoms with Crippen LogP contribution in [0.2, 0.25) is 0 Å². The van der Waals surface area contributed by atoms with Gasteiger partial charge in [0, 0.05) is 6.07 Å². The van der Waals surface area contributed by atoms with Gasteiger partial charge in [0.25, 0.3) is 0 Å². The minimum atomic E-state index is -1.49. The lowest BCUT2D eigenvalue weighted by molar-refractivity contribution is 0.448. The van der Waals surface area contributed by atoms with Crippen LogP contribution in [0.25, 0.3) is 16.7 Å². The van der Waals surface area contributed by atoms with Crippen LogP contribution in [-0.2, 0) is 0 Å². The largest absolute Gasteiger partial charge is 0.330 e. The zero-order valence-corrected chi connectivity index (χ0v) is 11.5. The summed E-state index contributed by atoms with van der Waals surface area (Å²) in [5, 5.41) is 0. The molecule has 1 N–H and O–H groups in total. The lowest BCUT2D eigenvalue weighted by Crippen LogP contribution is -2.06. The number of aryl methyl sites for hydroxylation is 1. The van der Waals surface area contributed by atoms with E-state index in [-0.39, 0.29) is 10.8 Å². The van der Waals surface area contributed by atoms with Crippen LogP contribution >= 0.6 is 12.2 Å². The van der Waals surface area contributed by atoms with Gasteiger partial charge < -0.3 is 4.98 Å². The normalized spacial score (nSPS) is 11.3. The molecule has 0 spiro atoms. The molecule has 0 radical (unpaired) electrons. The van der Waals surface area contributed by atoms with Gasteiger partial charge in [0.1, 0.15) is 5.69 Å².